The van der Waals surface area contributed by atoms with Crippen molar-refractivity contribution in [3.63, 3.8) is 0 Å². The highest BCUT2D eigenvalue weighted by atomic mass is 16.1. The minimum absolute atomic E-state index is 0.0199. The molecular formula is C17H17NO. The molecule has 0 saturated heterocycles. The molecule has 0 unspecified atom stereocenters. The van der Waals surface area contributed by atoms with E-state index in [1.54, 1.807) is 12.1 Å². The lowest BCUT2D eigenvalue weighted by atomic mass is 9.89. The molecule has 0 fully saturated rings. The summed E-state index contributed by atoms with van der Waals surface area (Å²) in [7, 11) is 0. The summed E-state index contributed by atoms with van der Waals surface area (Å²) in [4.78, 5) is 12.5. The van der Waals surface area contributed by atoms with Crippen LogP contribution in [-0.4, -0.2) is 5.78 Å². The second-order valence-corrected chi connectivity index (χ2v) is 5.11. The third kappa shape index (κ3) is 2.26. The van der Waals surface area contributed by atoms with Gasteiger partial charge in [-0.05, 0) is 55.0 Å². The summed E-state index contributed by atoms with van der Waals surface area (Å²) < 4.78 is 0. The summed E-state index contributed by atoms with van der Waals surface area (Å²) in [5, 5.41) is 0. The molecule has 0 aromatic heterocycles. The normalized spacial score (nSPS) is 13.9. The first-order valence-corrected chi connectivity index (χ1v) is 6.77. The average molecular weight is 251 g/mol. The van der Waals surface area contributed by atoms with Gasteiger partial charge in [-0.3, -0.25) is 4.79 Å². The maximum atomic E-state index is 12.5. The topological polar surface area (TPSA) is 43.1 Å². The molecule has 0 saturated carbocycles. The Labute approximate surface area is 113 Å². The Kier molecular flexibility index (Phi) is 3.08. The molecule has 0 amide bonds. The first kappa shape index (κ1) is 12.0. The van der Waals surface area contributed by atoms with Gasteiger partial charge in [0.2, 0.25) is 0 Å². The van der Waals surface area contributed by atoms with Crippen molar-refractivity contribution in [1.82, 2.24) is 0 Å². The van der Waals surface area contributed by atoms with Crippen LogP contribution in [0.15, 0.2) is 42.5 Å². The maximum absolute atomic E-state index is 12.5. The van der Waals surface area contributed by atoms with Gasteiger partial charge in [-0.15, -0.1) is 0 Å². The monoisotopic (exact) mass is 251 g/mol. The summed E-state index contributed by atoms with van der Waals surface area (Å²) in [5.74, 6) is 0.0199. The number of hydrogen-bond acceptors (Lipinski definition) is 2. The molecule has 2 heteroatoms. The van der Waals surface area contributed by atoms with Crippen LogP contribution in [0.5, 0.6) is 0 Å². The molecule has 0 heterocycles. The van der Waals surface area contributed by atoms with Crippen molar-refractivity contribution >= 4 is 11.5 Å². The average Bonchev–Trinajstić information content (AvgIpc) is 2.46. The van der Waals surface area contributed by atoms with Crippen LogP contribution in [-0.2, 0) is 12.8 Å². The van der Waals surface area contributed by atoms with Crippen LogP contribution in [0.3, 0.4) is 0 Å². The Hall–Kier alpha value is -2.09. The molecular weight excluding hydrogens is 234 g/mol. The standard InChI is InChI=1S/C17H17NO/c18-16-8-4-3-7-15(16)17(19)14-10-9-12-5-1-2-6-13(12)11-14/h3-4,7-11H,1-2,5-6,18H2. The minimum Gasteiger partial charge on any atom is -0.398 e. The Morgan fingerprint density at radius 3 is 2.47 bits per heavy atom. The Balaban J connectivity index is 1.98. The van der Waals surface area contributed by atoms with Gasteiger partial charge in [0.15, 0.2) is 5.78 Å². The van der Waals surface area contributed by atoms with Crippen LogP contribution in [0, 0.1) is 0 Å². The first-order chi connectivity index (χ1) is 9.25. The SMILES string of the molecule is Nc1ccccc1C(=O)c1ccc2c(c1)CCCC2. The van der Waals surface area contributed by atoms with Crippen LogP contribution in [0.2, 0.25) is 0 Å². The van der Waals surface area contributed by atoms with E-state index in [1.165, 1.54) is 24.0 Å². The predicted molar refractivity (Wildman–Crippen MR) is 77.4 cm³/mol. The molecule has 2 N–H and O–H groups in total. The van der Waals surface area contributed by atoms with Crippen molar-refractivity contribution in [2.24, 2.45) is 0 Å². The molecule has 0 bridgehead atoms. The zero-order valence-corrected chi connectivity index (χ0v) is 10.9. The number of rotatable bonds is 2. The van der Waals surface area contributed by atoms with Gasteiger partial charge in [0.1, 0.15) is 0 Å². The van der Waals surface area contributed by atoms with Crippen molar-refractivity contribution < 1.29 is 4.79 Å². The molecule has 0 aliphatic heterocycles. The van der Waals surface area contributed by atoms with Crippen molar-refractivity contribution in [3.05, 3.63) is 64.7 Å². The molecule has 1 aliphatic carbocycles. The number of benzene rings is 2. The second-order valence-electron chi connectivity index (χ2n) is 5.11. The van der Waals surface area contributed by atoms with Crippen LogP contribution in [0.1, 0.15) is 39.9 Å². The molecule has 19 heavy (non-hydrogen) atoms. The summed E-state index contributed by atoms with van der Waals surface area (Å²) in [6.45, 7) is 0. The van der Waals surface area contributed by atoms with E-state index >= 15 is 0 Å². The van der Waals surface area contributed by atoms with Gasteiger partial charge in [-0.1, -0.05) is 24.3 Å². The predicted octanol–water partition coefficient (Wildman–Crippen LogP) is 3.38. The van der Waals surface area contributed by atoms with E-state index in [0.717, 1.165) is 18.4 Å². The van der Waals surface area contributed by atoms with E-state index in [-0.39, 0.29) is 5.78 Å². The second kappa shape index (κ2) is 4.88. The fraction of sp³-hybridized carbons (Fsp3) is 0.235. The van der Waals surface area contributed by atoms with Crippen LogP contribution < -0.4 is 5.73 Å². The number of carbonyl (C=O) groups excluding carboxylic acids is 1. The van der Waals surface area contributed by atoms with Crippen LogP contribution in [0.25, 0.3) is 0 Å². The van der Waals surface area contributed by atoms with E-state index in [1.807, 2.05) is 24.3 Å². The van der Waals surface area contributed by atoms with E-state index in [4.69, 9.17) is 5.73 Å². The lowest BCUT2D eigenvalue weighted by Crippen LogP contribution is -2.08. The molecule has 2 aromatic carbocycles. The first-order valence-electron chi connectivity index (χ1n) is 6.77. The lowest BCUT2D eigenvalue weighted by Gasteiger charge is -2.16. The Morgan fingerprint density at radius 1 is 0.947 bits per heavy atom. The third-order valence-corrected chi connectivity index (χ3v) is 3.82. The van der Waals surface area contributed by atoms with Crippen LogP contribution in [0.4, 0.5) is 5.69 Å². The molecule has 1 aliphatic rings. The number of nitrogens with two attached hydrogens (primary N) is 1. The molecule has 0 atom stereocenters. The quantitative estimate of drug-likeness (QED) is 0.656. The number of carbonyl (C=O) groups is 1. The van der Waals surface area contributed by atoms with Gasteiger partial charge in [-0.2, -0.15) is 0 Å². The maximum Gasteiger partial charge on any atom is 0.195 e. The molecule has 0 radical (unpaired) electrons. The van der Waals surface area contributed by atoms with Gasteiger partial charge in [-0.25, -0.2) is 0 Å². The summed E-state index contributed by atoms with van der Waals surface area (Å²) in [6, 6.07) is 13.3. The van der Waals surface area contributed by atoms with E-state index < -0.39 is 0 Å². The number of ketones is 1. The fourth-order valence-electron chi connectivity index (χ4n) is 2.73. The van der Waals surface area contributed by atoms with Crippen LogP contribution >= 0.6 is 0 Å². The highest BCUT2D eigenvalue weighted by Crippen LogP contribution is 2.24. The zero-order valence-electron chi connectivity index (χ0n) is 10.9. The number of hydrogen-bond donors (Lipinski definition) is 1. The number of fused-ring (bicyclic) bond motifs is 1. The summed E-state index contributed by atoms with van der Waals surface area (Å²) in [5.41, 5.74) is 10.5. The van der Waals surface area contributed by atoms with Crippen molar-refractivity contribution in [2.75, 3.05) is 5.73 Å². The fourth-order valence-corrected chi connectivity index (χ4v) is 2.73. The zero-order chi connectivity index (χ0) is 13.2. The highest BCUT2D eigenvalue weighted by molar-refractivity contribution is 6.12. The van der Waals surface area contributed by atoms with Gasteiger partial charge in [0, 0.05) is 16.8 Å². The molecule has 2 nitrogen and oxygen atoms in total. The van der Waals surface area contributed by atoms with E-state index in [2.05, 4.69) is 6.07 Å². The number of anilines is 1. The number of aryl methyl sites for hydroxylation is 2. The smallest absolute Gasteiger partial charge is 0.195 e. The Morgan fingerprint density at radius 2 is 1.68 bits per heavy atom. The van der Waals surface area contributed by atoms with Gasteiger partial charge < -0.3 is 5.73 Å². The summed E-state index contributed by atoms with van der Waals surface area (Å²) in [6.07, 6.45) is 4.70. The van der Waals surface area contributed by atoms with Crippen molar-refractivity contribution in [3.8, 4) is 0 Å². The molecule has 2 aromatic rings. The van der Waals surface area contributed by atoms with Crippen molar-refractivity contribution in [1.29, 1.82) is 0 Å². The van der Waals surface area contributed by atoms with Gasteiger partial charge >= 0.3 is 0 Å². The molecule has 0 spiro atoms. The third-order valence-electron chi connectivity index (χ3n) is 3.82. The summed E-state index contributed by atoms with van der Waals surface area (Å²) >= 11 is 0. The molecule has 96 valence electrons. The van der Waals surface area contributed by atoms with Gasteiger partial charge in [0.25, 0.3) is 0 Å². The van der Waals surface area contributed by atoms with E-state index in [0.29, 0.717) is 11.3 Å². The highest BCUT2D eigenvalue weighted by Gasteiger charge is 2.15. The van der Waals surface area contributed by atoms with Crippen molar-refractivity contribution in [2.45, 2.75) is 25.7 Å². The number of nitrogen functional groups attached to an aromatic ring is 1. The Bertz CT molecular complexity index is 631. The molecule has 3 rings (SSSR count). The largest absolute Gasteiger partial charge is 0.398 e. The minimum atomic E-state index is 0.0199. The van der Waals surface area contributed by atoms with Gasteiger partial charge in [0.05, 0.1) is 0 Å². The number of para-hydroxylation sites is 1. The van der Waals surface area contributed by atoms with E-state index in [9.17, 15) is 4.79 Å². The lowest BCUT2D eigenvalue weighted by molar-refractivity contribution is 0.103.